The van der Waals surface area contributed by atoms with Crippen molar-refractivity contribution in [2.75, 3.05) is 6.61 Å². The predicted molar refractivity (Wildman–Crippen MR) is 87.6 cm³/mol. The molecule has 22 heavy (non-hydrogen) atoms. The van der Waals surface area contributed by atoms with Gasteiger partial charge in [-0.15, -0.1) is 0 Å². The second-order valence-electron chi connectivity index (χ2n) is 5.09. The molecule has 0 spiro atoms. The molecule has 0 heterocycles. The Morgan fingerprint density at radius 3 is 2.14 bits per heavy atom. The van der Waals surface area contributed by atoms with Crippen LogP contribution in [0.3, 0.4) is 0 Å². The zero-order valence-corrected chi connectivity index (χ0v) is 13.2. The van der Waals surface area contributed by atoms with Gasteiger partial charge in [0, 0.05) is 0 Å². The first-order valence-electron chi connectivity index (χ1n) is 7.77. The van der Waals surface area contributed by atoms with E-state index in [-0.39, 0.29) is 5.97 Å². The summed E-state index contributed by atoms with van der Waals surface area (Å²) in [7, 11) is 0. The first kappa shape index (κ1) is 16.1. The summed E-state index contributed by atoms with van der Waals surface area (Å²) in [5.74, 6) is 0.961. The highest BCUT2D eigenvalue weighted by atomic mass is 16.5. The van der Waals surface area contributed by atoms with Crippen molar-refractivity contribution in [1.82, 2.24) is 0 Å². The third-order valence-corrected chi connectivity index (χ3v) is 3.35. The number of hydrogen-bond acceptors (Lipinski definition) is 3. The van der Waals surface area contributed by atoms with Crippen molar-refractivity contribution in [3.63, 3.8) is 0 Å². The van der Waals surface area contributed by atoms with E-state index >= 15 is 0 Å². The Balaban J connectivity index is 1.96. The monoisotopic (exact) mass is 298 g/mol. The highest BCUT2D eigenvalue weighted by Crippen LogP contribution is 2.17. The molecule has 2 aromatic carbocycles. The van der Waals surface area contributed by atoms with Crippen molar-refractivity contribution < 1.29 is 14.3 Å². The molecule has 0 atom stereocenters. The molecule has 0 N–H and O–H groups in total. The number of rotatable bonds is 7. The Morgan fingerprint density at radius 1 is 0.909 bits per heavy atom. The smallest absolute Gasteiger partial charge is 0.343 e. The number of aryl methyl sites for hydroxylation is 1. The highest BCUT2D eigenvalue weighted by Gasteiger charge is 2.08. The van der Waals surface area contributed by atoms with E-state index in [9.17, 15) is 4.79 Å². The number of hydrogen-bond donors (Lipinski definition) is 0. The highest BCUT2D eigenvalue weighted by molar-refractivity contribution is 5.91. The van der Waals surface area contributed by atoms with Gasteiger partial charge in [0.05, 0.1) is 12.2 Å². The zero-order chi connectivity index (χ0) is 15.8. The lowest BCUT2D eigenvalue weighted by Crippen LogP contribution is -2.08. The summed E-state index contributed by atoms with van der Waals surface area (Å²) in [6.07, 6.45) is 3.41. The average Bonchev–Trinajstić information content (AvgIpc) is 2.55. The summed E-state index contributed by atoms with van der Waals surface area (Å²) in [4.78, 5) is 12.1. The molecule has 0 amide bonds. The van der Waals surface area contributed by atoms with Gasteiger partial charge in [-0.25, -0.2) is 4.79 Å². The van der Waals surface area contributed by atoms with Crippen molar-refractivity contribution in [2.45, 2.75) is 33.1 Å². The maximum atomic E-state index is 12.1. The van der Waals surface area contributed by atoms with Crippen molar-refractivity contribution in [3.8, 4) is 11.5 Å². The Morgan fingerprint density at radius 2 is 1.55 bits per heavy atom. The molecular weight excluding hydrogens is 276 g/mol. The van der Waals surface area contributed by atoms with E-state index in [0.717, 1.165) is 12.2 Å². The van der Waals surface area contributed by atoms with Gasteiger partial charge >= 0.3 is 5.97 Å². The number of carbonyl (C=O) groups is 1. The molecule has 0 fully saturated rings. The summed E-state index contributed by atoms with van der Waals surface area (Å²) in [6, 6.07) is 14.7. The fourth-order valence-electron chi connectivity index (χ4n) is 2.12. The molecule has 0 saturated carbocycles. The largest absolute Gasteiger partial charge is 0.494 e. The molecule has 0 aliphatic heterocycles. The molecule has 116 valence electrons. The van der Waals surface area contributed by atoms with Crippen LogP contribution in [0.4, 0.5) is 0 Å². The molecule has 3 heteroatoms. The van der Waals surface area contributed by atoms with Crippen LogP contribution in [0.25, 0.3) is 0 Å². The Bertz CT molecular complexity index is 585. The van der Waals surface area contributed by atoms with Crippen LogP contribution in [-0.2, 0) is 6.42 Å². The second-order valence-corrected chi connectivity index (χ2v) is 5.09. The van der Waals surface area contributed by atoms with Crippen molar-refractivity contribution in [3.05, 3.63) is 59.7 Å². The fraction of sp³-hybridized carbons (Fsp3) is 0.316. The zero-order valence-electron chi connectivity index (χ0n) is 13.2. The van der Waals surface area contributed by atoms with Crippen LogP contribution < -0.4 is 9.47 Å². The van der Waals surface area contributed by atoms with Crippen LogP contribution in [0.5, 0.6) is 11.5 Å². The molecule has 3 nitrogen and oxygen atoms in total. The molecule has 0 aliphatic rings. The van der Waals surface area contributed by atoms with E-state index in [1.54, 1.807) is 24.3 Å². The first-order chi connectivity index (χ1) is 10.7. The fourth-order valence-corrected chi connectivity index (χ4v) is 2.12. The van der Waals surface area contributed by atoms with Crippen LogP contribution in [-0.4, -0.2) is 12.6 Å². The van der Waals surface area contributed by atoms with E-state index in [1.807, 2.05) is 31.2 Å². The number of esters is 1. The van der Waals surface area contributed by atoms with Crippen LogP contribution in [0.1, 0.15) is 42.6 Å². The van der Waals surface area contributed by atoms with Gasteiger partial charge in [0.2, 0.25) is 0 Å². The Hall–Kier alpha value is -2.29. The van der Waals surface area contributed by atoms with Gasteiger partial charge in [-0.2, -0.15) is 0 Å². The number of benzene rings is 2. The van der Waals surface area contributed by atoms with Crippen molar-refractivity contribution >= 4 is 5.97 Å². The van der Waals surface area contributed by atoms with Crippen LogP contribution in [0, 0.1) is 0 Å². The predicted octanol–water partition coefficient (Wildman–Crippen LogP) is 4.65. The second kappa shape index (κ2) is 8.23. The van der Waals surface area contributed by atoms with Crippen molar-refractivity contribution in [2.24, 2.45) is 0 Å². The Kier molecular flexibility index (Phi) is 6.01. The summed E-state index contributed by atoms with van der Waals surface area (Å²) in [5, 5.41) is 0. The van der Waals surface area contributed by atoms with Crippen LogP contribution >= 0.6 is 0 Å². The van der Waals surface area contributed by atoms with Gasteiger partial charge in [0.1, 0.15) is 11.5 Å². The van der Waals surface area contributed by atoms with Crippen LogP contribution in [0.15, 0.2) is 48.5 Å². The Labute approximate surface area is 131 Å². The van der Waals surface area contributed by atoms with Gasteiger partial charge in [0.15, 0.2) is 0 Å². The molecule has 0 aliphatic carbocycles. The molecule has 0 aromatic heterocycles. The van der Waals surface area contributed by atoms with Gasteiger partial charge in [-0.3, -0.25) is 0 Å². The SMILES string of the molecule is CCCCc1ccc(OC(=O)c2ccc(OCC)cc2)cc1. The minimum absolute atomic E-state index is 0.357. The lowest BCUT2D eigenvalue weighted by atomic mass is 10.1. The average molecular weight is 298 g/mol. The topological polar surface area (TPSA) is 35.5 Å². The quantitative estimate of drug-likeness (QED) is 0.551. The van der Waals surface area contributed by atoms with Gasteiger partial charge in [-0.05, 0) is 61.7 Å². The molecule has 2 rings (SSSR count). The van der Waals surface area contributed by atoms with E-state index in [0.29, 0.717) is 17.9 Å². The molecule has 2 aromatic rings. The van der Waals surface area contributed by atoms with E-state index in [2.05, 4.69) is 6.92 Å². The third-order valence-electron chi connectivity index (χ3n) is 3.35. The lowest BCUT2D eigenvalue weighted by Gasteiger charge is -2.07. The van der Waals surface area contributed by atoms with E-state index in [1.165, 1.54) is 18.4 Å². The maximum Gasteiger partial charge on any atom is 0.343 e. The van der Waals surface area contributed by atoms with E-state index < -0.39 is 0 Å². The molecule has 0 bridgehead atoms. The summed E-state index contributed by atoms with van der Waals surface area (Å²) in [6.45, 7) is 4.70. The van der Waals surface area contributed by atoms with Gasteiger partial charge in [-0.1, -0.05) is 25.5 Å². The summed E-state index contributed by atoms with van der Waals surface area (Å²) < 4.78 is 10.7. The number of unbranched alkanes of at least 4 members (excludes halogenated alkanes) is 1. The standard InChI is InChI=1S/C19H22O3/c1-3-5-6-15-7-11-18(12-8-15)22-19(20)16-9-13-17(14-10-16)21-4-2/h7-14H,3-6H2,1-2H3. The van der Waals surface area contributed by atoms with Crippen molar-refractivity contribution in [1.29, 1.82) is 0 Å². The summed E-state index contributed by atoms with van der Waals surface area (Å²) >= 11 is 0. The molecule has 0 saturated heterocycles. The first-order valence-corrected chi connectivity index (χ1v) is 7.77. The van der Waals surface area contributed by atoms with Gasteiger partial charge in [0.25, 0.3) is 0 Å². The lowest BCUT2D eigenvalue weighted by molar-refractivity contribution is 0.0734. The summed E-state index contributed by atoms with van der Waals surface area (Å²) in [5.41, 5.74) is 1.78. The normalized spacial score (nSPS) is 10.3. The molecular formula is C19H22O3. The number of ether oxygens (including phenoxy) is 2. The number of carbonyl (C=O) groups excluding carboxylic acids is 1. The van der Waals surface area contributed by atoms with Crippen LogP contribution in [0.2, 0.25) is 0 Å². The molecule has 0 unspecified atom stereocenters. The minimum atomic E-state index is -0.357. The van der Waals surface area contributed by atoms with E-state index in [4.69, 9.17) is 9.47 Å². The molecule has 0 radical (unpaired) electrons. The minimum Gasteiger partial charge on any atom is -0.494 e. The van der Waals surface area contributed by atoms with Gasteiger partial charge < -0.3 is 9.47 Å². The maximum absolute atomic E-state index is 12.1. The third kappa shape index (κ3) is 4.62.